The van der Waals surface area contributed by atoms with Crippen LogP contribution in [0.2, 0.25) is 0 Å². The first kappa shape index (κ1) is 20.5. The van der Waals surface area contributed by atoms with Crippen LogP contribution < -0.4 is 27.0 Å². The van der Waals surface area contributed by atoms with Crippen LogP contribution in [0.4, 0.5) is 5.69 Å². The minimum atomic E-state index is -0.777. The minimum Gasteiger partial charge on any atom is -0.489 e. The Morgan fingerprint density at radius 3 is 2.71 bits per heavy atom. The lowest BCUT2D eigenvalue weighted by atomic mass is 9.83. The molecule has 0 aliphatic heterocycles. The molecule has 5 N–H and O–H groups in total. The average molecular weight is 420 g/mol. The first-order valence-electron chi connectivity index (χ1n) is 10.2. The van der Waals surface area contributed by atoms with Crippen molar-refractivity contribution in [3.8, 4) is 5.75 Å². The number of hydrogen-bond acceptors (Lipinski definition) is 5. The number of nitrogens with one attached hydrogen (secondary N) is 3. The van der Waals surface area contributed by atoms with E-state index in [1.165, 1.54) is 5.56 Å². The Labute approximate surface area is 178 Å². The minimum absolute atomic E-state index is 0.202. The van der Waals surface area contributed by atoms with Crippen LogP contribution in [0.5, 0.6) is 5.75 Å². The van der Waals surface area contributed by atoms with Gasteiger partial charge in [-0.05, 0) is 47.9 Å². The topological polar surface area (TPSA) is 130 Å². The molecule has 1 aliphatic rings. The highest BCUT2D eigenvalue weighted by atomic mass is 16.5. The van der Waals surface area contributed by atoms with Gasteiger partial charge in [0.1, 0.15) is 23.7 Å². The van der Waals surface area contributed by atoms with Crippen LogP contribution in [0.15, 0.2) is 58.1 Å². The number of benzene rings is 2. The van der Waals surface area contributed by atoms with E-state index in [1.54, 1.807) is 0 Å². The van der Waals surface area contributed by atoms with Gasteiger partial charge in [0.15, 0.2) is 0 Å². The van der Waals surface area contributed by atoms with Gasteiger partial charge in [-0.1, -0.05) is 42.5 Å². The van der Waals surface area contributed by atoms with Crippen LogP contribution in [0.1, 0.15) is 33.6 Å². The summed E-state index contributed by atoms with van der Waals surface area (Å²) < 4.78 is 6.09. The number of anilines is 1. The molecule has 160 valence electrons. The Hall–Kier alpha value is -3.81. The van der Waals surface area contributed by atoms with E-state index < -0.39 is 17.2 Å². The fraction of sp³-hybridized carbons (Fsp3) is 0.261. The van der Waals surface area contributed by atoms with E-state index in [-0.39, 0.29) is 17.3 Å². The summed E-state index contributed by atoms with van der Waals surface area (Å²) in [6.07, 6.45) is 2.57. The van der Waals surface area contributed by atoms with Crippen molar-refractivity contribution in [2.75, 3.05) is 12.3 Å². The summed E-state index contributed by atoms with van der Waals surface area (Å²) in [4.78, 5) is 39.8. The van der Waals surface area contributed by atoms with E-state index in [0.29, 0.717) is 13.2 Å². The Balaban J connectivity index is 1.42. The lowest BCUT2D eigenvalue weighted by Gasteiger charge is -2.26. The molecular weight excluding hydrogens is 396 g/mol. The molecule has 1 aromatic heterocycles. The molecule has 0 bridgehead atoms. The Bertz CT molecular complexity index is 1200. The highest BCUT2D eigenvalue weighted by Crippen LogP contribution is 2.32. The predicted octanol–water partition coefficient (Wildman–Crippen LogP) is 1.76. The molecule has 31 heavy (non-hydrogen) atoms. The molecule has 4 rings (SSSR count). The number of aromatic amines is 2. The van der Waals surface area contributed by atoms with Gasteiger partial charge in [0.05, 0.1) is 0 Å². The highest BCUT2D eigenvalue weighted by molar-refractivity contribution is 5.96. The molecule has 0 saturated carbocycles. The third-order valence-corrected chi connectivity index (χ3v) is 5.54. The van der Waals surface area contributed by atoms with Gasteiger partial charge in [-0.15, -0.1) is 0 Å². The number of rotatable bonds is 6. The first-order valence-corrected chi connectivity index (χ1v) is 10.2. The normalized spacial score (nSPS) is 15.2. The van der Waals surface area contributed by atoms with Crippen molar-refractivity contribution in [1.29, 1.82) is 0 Å². The summed E-state index contributed by atoms with van der Waals surface area (Å²) in [6.45, 7) is 0.896. The number of aryl methyl sites for hydroxylation is 1. The average Bonchev–Trinajstić information content (AvgIpc) is 2.79. The maximum absolute atomic E-state index is 12.4. The quantitative estimate of drug-likeness (QED) is 0.483. The monoisotopic (exact) mass is 420 g/mol. The fourth-order valence-electron chi connectivity index (χ4n) is 3.87. The number of ether oxygens (including phenoxy) is 1. The zero-order valence-electron chi connectivity index (χ0n) is 16.9. The van der Waals surface area contributed by atoms with Crippen molar-refractivity contribution in [2.24, 2.45) is 5.92 Å². The number of H-pyrrole nitrogens is 2. The summed E-state index contributed by atoms with van der Waals surface area (Å²) in [5.74, 6) is 0.494. The molecule has 1 heterocycles. The summed E-state index contributed by atoms with van der Waals surface area (Å²) in [7, 11) is 0. The third-order valence-electron chi connectivity index (χ3n) is 5.54. The van der Waals surface area contributed by atoms with Gasteiger partial charge in [0.2, 0.25) is 0 Å². The van der Waals surface area contributed by atoms with Crippen molar-refractivity contribution in [2.45, 2.75) is 25.9 Å². The van der Waals surface area contributed by atoms with Crippen molar-refractivity contribution >= 4 is 11.6 Å². The number of fused-ring (bicyclic) bond motifs is 1. The number of carbonyl (C=O) groups excluding carboxylic acids is 1. The summed E-state index contributed by atoms with van der Waals surface area (Å²) in [5.41, 5.74) is 7.10. The zero-order valence-corrected chi connectivity index (χ0v) is 16.9. The van der Waals surface area contributed by atoms with Crippen LogP contribution in [-0.2, 0) is 19.4 Å². The summed E-state index contributed by atoms with van der Waals surface area (Å²) in [5, 5.41) is 2.79. The van der Waals surface area contributed by atoms with Gasteiger partial charge in [0.25, 0.3) is 11.5 Å². The lowest BCUT2D eigenvalue weighted by molar-refractivity contribution is 0.0941. The van der Waals surface area contributed by atoms with E-state index in [0.717, 1.165) is 36.1 Å². The van der Waals surface area contributed by atoms with Gasteiger partial charge in [-0.2, -0.15) is 0 Å². The van der Waals surface area contributed by atoms with Gasteiger partial charge in [-0.3, -0.25) is 14.6 Å². The molecule has 1 atom stereocenters. The molecule has 0 fully saturated rings. The van der Waals surface area contributed by atoms with E-state index in [1.807, 2.05) is 47.4 Å². The van der Waals surface area contributed by atoms with Crippen molar-refractivity contribution in [3.63, 3.8) is 0 Å². The molecule has 8 heteroatoms. The number of nitrogens with two attached hydrogens (primary N) is 1. The van der Waals surface area contributed by atoms with Crippen LogP contribution in [0.3, 0.4) is 0 Å². The molecule has 0 radical (unpaired) electrons. The van der Waals surface area contributed by atoms with Crippen LogP contribution >= 0.6 is 0 Å². The summed E-state index contributed by atoms with van der Waals surface area (Å²) >= 11 is 0. The molecule has 8 nitrogen and oxygen atoms in total. The zero-order chi connectivity index (χ0) is 21.8. The second-order valence-electron chi connectivity index (χ2n) is 7.68. The third kappa shape index (κ3) is 4.69. The van der Waals surface area contributed by atoms with Crippen LogP contribution in [0, 0.1) is 5.92 Å². The first-order chi connectivity index (χ1) is 15.0. The molecule has 1 amide bonds. The summed E-state index contributed by atoms with van der Waals surface area (Å²) in [6, 6.07) is 16.1. The van der Waals surface area contributed by atoms with Gasteiger partial charge in [-0.25, -0.2) is 4.79 Å². The van der Waals surface area contributed by atoms with E-state index in [2.05, 4.69) is 16.4 Å². The molecule has 1 aliphatic carbocycles. The standard InChI is InChI=1S/C23H24N4O4/c24-19-20(26-23(30)27-21(19)28)22(29)25-12-15-9-10-16-7-4-8-18(17(16)11-15)31-13-14-5-2-1-3-6-14/h1-8,15H,9-13,24H2,(H,25,29)(H2,26,27,28,30). The molecule has 3 aromatic rings. The molecular formula is C23H24N4O4. The van der Waals surface area contributed by atoms with Crippen molar-refractivity contribution in [1.82, 2.24) is 15.3 Å². The lowest BCUT2D eigenvalue weighted by Crippen LogP contribution is -2.36. The molecule has 0 spiro atoms. The fourth-order valence-corrected chi connectivity index (χ4v) is 3.87. The number of carbonyl (C=O) groups is 1. The second kappa shape index (κ2) is 8.91. The Morgan fingerprint density at radius 2 is 1.90 bits per heavy atom. The maximum atomic E-state index is 12.4. The van der Waals surface area contributed by atoms with Crippen LogP contribution in [-0.4, -0.2) is 22.4 Å². The van der Waals surface area contributed by atoms with E-state index in [4.69, 9.17) is 10.5 Å². The maximum Gasteiger partial charge on any atom is 0.326 e. The largest absolute Gasteiger partial charge is 0.489 e. The number of amides is 1. The second-order valence-corrected chi connectivity index (χ2v) is 7.68. The van der Waals surface area contributed by atoms with Crippen molar-refractivity contribution in [3.05, 3.63) is 91.8 Å². The SMILES string of the molecule is Nc1c(C(=O)NCC2CCc3cccc(OCc4ccccc4)c3C2)[nH]c(=O)[nH]c1=O. The Kier molecular flexibility index (Phi) is 5.88. The number of nitrogen functional groups attached to an aromatic ring is 1. The van der Waals surface area contributed by atoms with Gasteiger partial charge >= 0.3 is 5.69 Å². The highest BCUT2D eigenvalue weighted by Gasteiger charge is 2.23. The molecule has 1 unspecified atom stereocenters. The predicted molar refractivity (Wildman–Crippen MR) is 117 cm³/mol. The van der Waals surface area contributed by atoms with Crippen molar-refractivity contribution < 1.29 is 9.53 Å². The number of aromatic nitrogens is 2. The molecule has 2 aromatic carbocycles. The smallest absolute Gasteiger partial charge is 0.326 e. The Morgan fingerprint density at radius 1 is 1.10 bits per heavy atom. The van der Waals surface area contributed by atoms with Gasteiger partial charge < -0.3 is 20.8 Å². The number of hydrogen-bond donors (Lipinski definition) is 4. The van der Waals surface area contributed by atoms with E-state index >= 15 is 0 Å². The van der Waals surface area contributed by atoms with Gasteiger partial charge in [0, 0.05) is 6.54 Å². The molecule has 0 saturated heterocycles. The van der Waals surface area contributed by atoms with E-state index in [9.17, 15) is 14.4 Å². The van der Waals surface area contributed by atoms with Crippen LogP contribution in [0.25, 0.3) is 0 Å².